The van der Waals surface area contributed by atoms with E-state index in [1.807, 2.05) is 6.07 Å². The SMILES string of the molecule is C[C@@H](N)c1ccc(-n2cnc(C#N)c2C#N)c(F)c1. The summed E-state index contributed by atoms with van der Waals surface area (Å²) in [6.45, 7) is 1.75. The van der Waals surface area contributed by atoms with E-state index in [1.54, 1.807) is 19.1 Å². The smallest absolute Gasteiger partial charge is 0.177 e. The lowest BCUT2D eigenvalue weighted by molar-refractivity contribution is 0.612. The Morgan fingerprint density at radius 3 is 2.63 bits per heavy atom. The van der Waals surface area contributed by atoms with Crippen molar-refractivity contribution in [2.24, 2.45) is 5.73 Å². The second-order valence-electron chi connectivity index (χ2n) is 4.03. The minimum Gasteiger partial charge on any atom is -0.324 e. The van der Waals surface area contributed by atoms with Gasteiger partial charge in [0.15, 0.2) is 11.4 Å². The van der Waals surface area contributed by atoms with Crippen LogP contribution in [-0.2, 0) is 0 Å². The zero-order valence-corrected chi connectivity index (χ0v) is 10.1. The number of rotatable bonds is 2. The highest BCUT2D eigenvalue weighted by molar-refractivity contribution is 5.46. The van der Waals surface area contributed by atoms with Gasteiger partial charge in [0.1, 0.15) is 24.3 Å². The van der Waals surface area contributed by atoms with Crippen molar-refractivity contribution in [1.29, 1.82) is 10.5 Å². The van der Waals surface area contributed by atoms with Crippen molar-refractivity contribution in [3.63, 3.8) is 0 Å². The second-order valence-corrected chi connectivity index (χ2v) is 4.03. The van der Waals surface area contributed by atoms with Gasteiger partial charge in [-0.1, -0.05) is 6.07 Å². The van der Waals surface area contributed by atoms with E-state index in [-0.39, 0.29) is 23.1 Å². The van der Waals surface area contributed by atoms with Crippen LogP contribution in [0.5, 0.6) is 0 Å². The van der Waals surface area contributed by atoms with Gasteiger partial charge in [0.05, 0.1) is 5.69 Å². The maximum Gasteiger partial charge on any atom is 0.177 e. The van der Waals surface area contributed by atoms with E-state index in [0.29, 0.717) is 5.56 Å². The van der Waals surface area contributed by atoms with Gasteiger partial charge in [-0.05, 0) is 24.6 Å². The Bertz CT molecular complexity index is 703. The van der Waals surface area contributed by atoms with Gasteiger partial charge in [-0.2, -0.15) is 10.5 Å². The van der Waals surface area contributed by atoms with E-state index in [4.69, 9.17) is 16.3 Å². The maximum atomic E-state index is 14.0. The third kappa shape index (κ3) is 2.17. The first-order valence-electron chi connectivity index (χ1n) is 5.51. The third-order valence-corrected chi connectivity index (χ3v) is 2.74. The van der Waals surface area contributed by atoms with Gasteiger partial charge in [-0.15, -0.1) is 0 Å². The zero-order chi connectivity index (χ0) is 14.0. The Hall–Kier alpha value is -2.70. The highest BCUT2D eigenvalue weighted by atomic mass is 19.1. The summed E-state index contributed by atoms with van der Waals surface area (Å²) >= 11 is 0. The molecule has 0 radical (unpaired) electrons. The van der Waals surface area contributed by atoms with Crippen LogP contribution in [0.3, 0.4) is 0 Å². The van der Waals surface area contributed by atoms with E-state index in [2.05, 4.69) is 4.98 Å². The van der Waals surface area contributed by atoms with E-state index in [0.717, 1.165) is 0 Å². The molecule has 0 spiro atoms. The standard InChI is InChI=1S/C13H10FN5/c1-8(17)9-2-3-12(10(14)4-9)19-7-18-11(5-15)13(19)6-16/h2-4,7-8H,17H2,1H3/t8-/m1/s1. The van der Waals surface area contributed by atoms with Gasteiger partial charge in [0.25, 0.3) is 0 Å². The number of nitriles is 2. The van der Waals surface area contributed by atoms with Crippen LogP contribution in [0.2, 0.25) is 0 Å². The van der Waals surface area contributed by atoms with Gasteiger partial charge in [0.2, 0.25) is 0 Å². The molecular weight excluding hydrogens is 245 g/mol. The van der Waals surface area contributed by atoms with Crippen LogP contribution in [0.4, 0.5) is 4.39 Å². The average molecular weight is 255 g/mol. The molecule has 19 heavy (non-hydrogen) atoms. The summed E-state index contributed by atoms with van der Waals surface area (Å²) in [7, 11) is 0. The molecule has 2 N–H and O–H groups in total. The van der Waals surface area contributed by atoms with Crippen molar-refractivity contribution in [2.45, 2.75) is 13.0 Å². The number of imidazole rings is 1. The van der Waals surface area contributed by atoms with Gasteiger partial charge in [0, 0.05) is 6.04 Å². The van der Waals surface area contributed by atoms with Gasteiger partial charge in [-0.3, -0.25) is 4.57 Å². The lowest BCUT2D eigenvalue weighted by Gasteiger charge is -2.09. The lowest BCUT2D eigenvalue weighted by atomic mass is 10.1. The quantitative estimate of drug-likeness (QED) is 0.885. The molecule has 2 rings (SSSR count). The Balaban J connectivity index is 2.58. The molecule has 0 unspecified atom stereocenters. The van der Waals surface area contributed by atoms with Crippen LogP contribution in [0.1, 0.15) is 29.9 Å². The van der Waals surface area contributed by atoms with Gasteiger partial charge in [-0.25, -0.2) is 9.37 Å². The molecule has 0 bridgehead atoms. The van der Waals surface area contributed by atoms with E-state index >= 15 is 0 Å². The number of nitrogens with zero attached hydrogens (tertiary/aromatic N) is 4. The molecule has 6 heteroatoms. The molecule has 1 aromatic heterocycles. The Morgan fingerprint density at radius 1 is 1.37 bits per heavy atom. The van der Waals surface area contributed by atoms with Crippen molar-refractivity contribution in [3.8, 4) is 17.8 Å². The fourth-order valence-corrected chi connectivity index (χ4v) is 1.72. The van der Waals surface area contributed by atoms with Crippen molar-refractivity contribution in [1.82, 2.24) is 9.55 Å². The fraction of sp³-hybridized carbons (Fsp3) is 0.154. The molecule has 0 fully saturated rings. The molecule has 0 amide bonds. The summed E-state index contributed by atoms with van der Waals surface area (Å²) in [5.74, 6) is -0.520. The van der Waals surface area contributed by atoms with Gasteiger partial charge < -0.3 is 5.73 Å². The molecule has 1 atom stereocenters. The van der Waals surface area contributed by atoms with Crippen molar-refractivity contribution >= 4 is 0 Å². The maximum absolute atomic E-state index is 14.0. The summed E-state index contributed by atoms with van der Waals surface area (Å²) in [5, 5.41) is 17.8. The number of hydrogen-bond donors (Lipinski definition) is 1. The number of hydrogen-bond acceptors (Lipinski definition) is 4. The van der Waals surface area contributed by atoms with Crippen LogP contribution in [-0.4, -0.2) is 9.55 Å². The first-order chi connectivity index (χ1) is 9.08. The Kier molecular flexibility index (Phi) is 3.28. The monoisotopic (exact) mass is 255 g/mol. The third-order valence-electron chi connectivity index (χ3n) is 2.74. The fourth-order valence-electron chi connectivity index (χ4n) is 1.72. The summed E-state index contributed by atoms with van der Waals surface area (Å²) in [6, 6.07) is 7.85. The van der Waals surface area contributed by atoms with Crippen molar-refractivity contribution < 1.29 is 4.39 Å². The van der Waals surface area contributed by atoms with E-state index in [1.165, 1.54) is 23.0 Å². The minimum absolute atomic E-state index is 0.00921. The van der Waals surface area contributed by atoms with E-state index in [9.17, 15) is 4.39 Å². The highest BCUT2D eigenvalue weighted by Crippen LogP contribution is 2.20. The normalized spacial score (nSPS) is 11.6. The summed E-state index contributed by atoms with van der Waals surface area (Å²) < 4.78 is 15.3. The van der Waals surface area contributed by atoms with Crippen LogP contribution < -0.4 is 5.73 Å². The highest BCUT2D eigenvalue weighted by Gasteiger charge is 2.15. The zero-order valence-electron chi connectivity index (χ0n) is 10.1. The van der Waals surface area contributed by atoms with E-state index < -0.39 is 5.82 Å². The summed E-state index contributed by atoms with van der Waals surface area (Å²) in [6.07, 6.45) is 1.25. The van der Waals surface area contributed by atoms with Gasteiger partial charge >= 0.3 is 0 Å². The number of aromatic nitrogens is 2. The summed E-state index contributed by atoms with van der Waals surface area (Å²) in [5.41, 5.74) is 6.47. The predicted octanol–water partition coefficient (Wildman–Crippen LogP) is 1.77. The molecule has 1 heterocycles. The number of halogens is 1. The molecule has 1 aromatic carbocycles. The Morgan fingerprint density at radius 2 is 2.11 bits per heavy atom. The lowest BCUT2D eigenvalue weighted by Crippen LogP contribution is -2.07. The largest absolute Gasteiger partial charge is 0.324 e. The molecule has 0 aliphatic rings. The first kappa shape index (κ1) is 12.7. The predicted molar refractivity (Wildman–Crippen MR) is 65.6 cm³/mol. The average Bonchev–Trinajstić information content (AvgIpc) is 2.80. The molecule has 0 saturated carbocycles. The molecule has 0 aliphatic heterocycles. The first-order valence-corrected chi connectivity index (χ1v) is 5.51. The molecule has 2 aromatic rings. The second kappa shape index (κ2) is 4.89. The van der Waals surface area contributed by atoms with Crippen LogP contribution in [0.25, 0.3) is 5.69 Å². The van der Waals surface area contributed by atoms with Crippen molar-refractivity contribution in [3.05, 3.63) is 47.3 Å². The molecule has 0 saturated heterocycles. The van der Waals surface area contributed by atoms with Crippen molar-refractivity contribution in [2.75, 3.05) is 0 Å². The molecular formula is C13H10FN5. The molecule has 5 nitrogen and oxygen atoms in total. The van der Waals surface area contributed by atoms with Crippen LogP contribution in [0, 0.1) is 28.5 Å². The molecule has 94 valence electrons. The van der Waals surface area contributed by atoms with Crippen LogP contribution in [0.15, 0.2) is 24.5 Å². The number of nitrogens with two attached hydrogens (primary N) is 1. The molecule has 0 aliphatic carbocycles. The number of benzene rings is 1. The minimum atomic E-state index is -0.520. The summed E-state index contributed by atoms with van der Waals surface area (Å²) in [4.78, 5) is 3.77. The Labute approximate surface area is 109 Å². The van der Waals surface area contributed by atoms with Crippen LogP contribution >= 0.6 is 0 Å². The topological polar surface area (TPSA) is 91.4 Å².